The van der Waals surface area contributed by atoms with Gasteiger partial charge in [-0.25, -0.2) is 4.39 Å². The standard InChI is InChI=1S/C11H14Cl2FN.ClH/c1-11(2,3)10(15)8-7(14)5-4-6(12)9(8)13;/h4-5,10H,15H2,1-3H3;1H/t10-;/m1./s1. The van der Waals surface area contributed by atoms with Crippen LogP contribution in [0.5, 0.6) is 0 Å². The van der Waals surface area contributed by atoms with E-state index in [9.17, 15) is 4.39 Å². The van der Waals surface area contributed by atoms with Crippen LogP contribution in [0.15, 0.2) is 12.1 Å². The molecule has 92 valence electrons. The molecule has 16 heavy (non-hydrogen) atoms. The summed E-state index contributed by atoms with van der Waals surface area (Å²) < 4.78 is 13.6. The molecule has 0 unspecified atom stereocenters. The van der Waals surface area contributed by atoms with Crippen LogP contribution in [0.25, 0.3) is 0 Å². The fourth-order valence-corrected chi connectivity index (χ4v) is 1.70. The molecular weight excluding hydrogens is 271 g/mol. The van der Waals surface area contributed by atoms with Crippen molar-refractivity contribution in [3.63, 3.8) is 0 Å². The van der Waals surface area contributed by atoms with Gasteiger partial charge in [0.2, 0.25) is 0 Å². The third kappa shape index (κ3) is 3.24. The molecule has 0 aliphatic carbocycles. The third-order valence-electron chi connectivity index (χ3n) is 2.32. The zero-order valence-corrected chi connectivity index (χ0v) is 11.7. The first-order chi connectivity index (χ1) is 6.75. The van der Waals surface area contributed by atoms with Crippen molar-refractivity contribution in [3.8, 4) is 0 Å². The third-order valence-corrected chi connectivity index (χ3v) is 3.14. The fraction of sp³-hybridized carbons (Fsp3) is 0.455. The molecule has 1 nitrogen and oxygen atoms in total. The summed E-state index contributed by atoms with van der Waals surface area (Å²) in [6.45, 7) is 5.77. The second-order valence-corrected chi connectivity index (χ2v) is 5.39. The van der Waals surface area contributed by atoms with E-state index in [0.29, 0.717) is 5.02 Å². The lowest BCUT2D eigenvalue weighted by Gasteiger charge is -2.28. The van der Waals surface area contributed by atoms with Crippen LogP contribution in [0.2, 0.25) is 10.0 Å². The fourth-order valence-electron chi connectivity index (χ4n) is 1.26. The molecule has 1 atom stereocenters. The van der Waals surface area contributed by atoms with E-state index in [1.165, 1.54) is 12.1 Å². The maximum Gasteiger partial charge on any atom is 0.129 e. The summed E-state index contributed by atoms with van der Waals surface area (Å²) in [7, 11) is 0. The van der Waals surface area contributed by atoms with Crippen LogP contribution in [-0.4, -0.2) is 0 Å². The first-order valence-electron chi connectivity index (χ1n) is 4.64. The SMILES string of the molecule is CC(C)(C)[C@H](N)c1c(F)ccc(Cl)c1Cl.Cl. The molecule has 1 aromatic carbocycles. The van der Waals surface area contributed by atoms with Crippen molar-refractivity contribution >= 4 is 35.6 Å². The summed E-state index contributed by atoms with van der Waals surface area (Å²) in [5.41, 5.74) is 5.98. The topological polar surface area (TPSA) is 26.0 Å². The summed E-state index contributed by atoms with van der Waals surface area (Å²) in [5.74, 6) is -0.410. The molecule has 0 aromatic heterocycles. The van der Waals surface area contributed by atoms with Gasteiger partial charge < -0.3 is 5.73 Å². The van der Waals surface area contributed by atoms with Gasteiger partial charge in [0.25, 0.3) is 0 Å². The van der Waals surface area contributed by atoms with Crippen molar-refractivity contribution in [2.24, 2.45) is 11.1 Å². The monoisotopic (exact) mass is 285 g/mol. The Morgan fingerprint density at radius 3 is 2.19 bits per heavy atom. The number of hydrogen-bond acceptors (Lipinski definition) is 1. The highest BCUT2D eigenvalue weighted by atomic mass is 35.5. The van der Waals surface area contributed by atoms with Crippen molar-refractivity contribution in [2.45, 2.75) is 26.8 Å². The maximum absolute atomic E-state index is 13.6. The maximum atomic E-state index is 13.6. The Balaban J connectivity index is 0.00000225. The molecule has 5 heteroatoms. The van der Waals surface area contributed by atoms with Gasteiger partial charge in [-0.05, 0) is 17.5 Å². The molecule has 0 heterocycles. The van der Waals surface area contributed by atoms with Crippen LogP contribution in [0.3, 0.4) is 0 Å². The van der Waals surface area contributed by atoms with E-state index in [0.717, 1.165) is 0 Å². The average molecular weight is 287 g/mol. The first-order valence-corrected chi connectivity index (χ1v) is 5.39. The molecule has 0 spiro atoms. The molecule has 0 radical (unpaired) electrons. The predicted molar refractivity (Wildman–Crippen MR) is 70.1 cm³/mol. The number of halogens is 4. The minimum absolute atomic E-state index is 0. The Morgan fingerprint density at radius 2 is 1.75 bits per heavy atom. The molecule has 0 aliphatic rings. The van der Waals surface area contributed by atoms with Gasteiger partial charge in [0, 0.05) is 11.6 Å². The van der Waals surface area contributed by atoms with Crippen molar-refractivity contribution < 1.29 is 4.39 Å². The number of rotatable bonds is 1. The van der Waals surface area contributed by atoms with Crippen molar-refractivity contribution in [1.82, 2.24) is 0 Å². The molecule has 0 fully saturated rings. The number of hydrogen-bond donors (Lipinski definition) is 1. The van der Waals surface area contributed by atoms with Crippen LogP contribution < -0.4 is 5.73 Å². The Bertz CT molecular complexity index is 374. The van der Waals surface area contributed by atoms with E-state index in [2.05, 4.69) is 0 Å². The molecule has 1 aromatic rings. The van der Waals surface area contributed by atoms with Crippen LogP contribution in [0.1, 0.15) is 32.4 Å². The van der Waals surface area contributed by atoms with Crippen LogP contribution in [-0.2, 0) is 0 Å². The zero-order valence-electron chi connectivity index (χ0n) is 9.35. The molecule has 0 amide bonds. The molecular formula is C11H15Cl3FN. The van der Waals surface area contributed by atoms with Crippen LogP contribution in [0.4, 0.5) is 4.39 Å². The Kier molecular flexibility index (Phi) is 5.54. The largest absolute Gasteiger partial charge is 0.323 e. The smallest absolute Gasteiger partial charge is 0.129 e. The summed E-state index contributed by atoms with van der Waals surface area (Å²) >= 11 is 11.8. The lowest BCUT2D eigenvalue weighted by molar-refractivity contribution is 0.319. The van der Waals surface area contributed by atoms with E-state index >= 15 is 0 Å². The van der Waals surface area contributed by atoms with E-state index in [-0.39, 0.29) is 28.4 Å². The summed E-state index contributed by atoms with van der Waals surface area (Å²) in [6.07, 6.45) is 0. The van der Waals surface area contributed by atoms with Gasteiger partial charge in [-0.15, -0.1) is 12.4 Å². The van der Waals surface area contributed by atoms with Crippen LogP contribution in [0, 0.1) is 11.2 Å². The lowest BCUT2D eigenvalue weighted by Crippen LogP contribution is -2.27. The van der Waals surface area contributed by atoms with Crippen molar-refractivity contribution in [1.29, 1.82) is 0 Å². The summed E-state index contributed by atoms with van der Waals surface area (Å²) in [5, 5.41) is 0.534. The quantitative estimate of drug-likeness (QED) is 0.750. The minimum Gasteiger partial charge on any atom is -0.323 e. The van der Waals surface area contributed by atoms with Crippen LogP contribution >= 0.6 is 35.6 Å². The van der Waals surface area contributed by atoms with E-state index in [1.807, 2.05) is 20.8 Å². The average Bonchev–Trinajstić information content (AvgIpc) is 2.10. The molecule has 2 N–H and O–H groups in total. The lowest BCUT2D eigenvalue weighted by atomic mass is 9.83. The highest BCUT2D eigenvalue weighted by molar-refractivity contribution is 6.42. The van der Waals surface area contributed by atoms with Crippen molar-refractivity contribution in [3.05, 3.63) is 33.6 Å². The Hall–Kier alpha value is -0.0200. The Morgan fingerprint density at radius 1 is 1.25 bits per heavy atom. The van der Waals surface area contributed by atoms with Gasteiger partial charge in [0.1, 0.15) is 5.82 Å². The predicted octanol–water partition coefficient (Wildman–Crippen LogP) is 4.60. The summed E-state index contributed by atoms with van der Waals surface area (Å²) in [4.78, 5) is 0. The van der Waals surface area contributed by atoms with Crippen molar-refractivity contribution in [2.75, 3.05) is 0 Å². The van der Waals surface area contributed by atoms with E-state index in [4.69, 9.17) is 28.9 Å². The van der Waals surface area contributed by atoms with Gasteiger partial charge in [-0.3, -0.25) is 0 Å². The first kappa shape index (κ1) is 16.0. The van der Waals surface area contributed by atoms with Gasteiger partial charge in [-0.2, -0.15) is 0 Å². The molecule has 0 saturated carbocycles. The Labute approximate surface area is 112 Å². The molecule has 0 bridgehead atoms. The van der Waals surface area contributed by atoms with Gasteiger partial charge in [-0.1, -0.05) is 44.0 Å². The second kappa shape index (κ2) is 5.54. The molecule has 1 rings (SSSR count). The minimum atomic E-state index is -0.483. The highest BCUT2D eigenvalue weighted by Gasteiger charge is 2.27. The zero-order chi connectivity index (χ0) is 11.8. The second-order valence-electron chi connectivity index (χ2n) is 4.60. The van der Waals surface area contributed by atoms with E-state index < -0.39 is 11.9 Å². The number of nitrogens with two attached hydrogens (primary N) is 1. The normalized spacial score (nSPS) is 13.2. The number of benzene rings is 1. The highest BCUT2D eigenvalue weighted by Crippen LogP contribution is 2.38. The van der Waals surface area contributed by atoms with Gasteiger partial charge in [0.05, 0.1) is 10.0 Å². The van der Waals surface area contributed by atoms with Gasteiger partial charge in [0.15, 0.2) is 0 Å². The molecule has 0 aliphatic heterocycles. The van der Waals surface area contributed by atoms with Gasteiger partial charge >= 0.3 is 0 Å². The van der Waals surface area contributed by atoms with E-state index in [1.54, 1.807) is 0 Å². The molecule has 0 saturated heterocycles. The summed E-state index contributed by atoms with van der Waals surface area (Å²) in [6, 6.07) is 2.23.